The number of hydrogen-bond acceptors (Lipinski definition) is 2. The first-order chi connectivity index (χ1) is 6.00. The zero-order valence-electron chi connectivity index (χ0n) is 6.77. The molecule has 0 aromatic rings. The minimum Gasteiger partial charge on any atom is -0.329 e. The third kappa shape index (κ3) is 1.29. The molecular weight excluding hydrogens is 185 g/mol. The Morgan fingerprint density at radius 1 is 1.46 bits per heavy atom. The lowest BCUT2D eigenvalue weighted by Gasteiger charge is -2.37. The molecule has 74 valence electrons. The summed E-state index contributed by atoms with van der Waals surface area (Å²) in [6, 6.07) is -0.138. The SMILES string of the molecule is O=C(N1CC[C@H]2NC[C@H]21)C(F)(F)F. The van der Waals surface area contributed by atoms with E-state index in [9.17, 15) is 18.0 Å². The Hall–Kier alpha value is -0.780. The molecule has 3 nitrogen and oxygen atoms in total. The van der Waals surface area contributed by atoms with Gasteiger partial charge in [0.1, 0.15) is 0 Å². The Kier molecular flexibility index (Phi) is 1.76. The van der Waals surface area contributed by atoms with Crippen LogP contribution in [0.15, 0.2) is 0 Å². The van der Waals surface area contributed by atoms with E-state index in [0.29, 0.717) is 13.0 Å². The predicted molar refractivity (Wildman–Crippen MR) is 38.0 cm³/mol. The van der Waals surface area contributed by atoms with Crippen LogP contribution in [0.25, 0.3) is 0 Å². The molecule has 2 aliphatic rings. The molecule has 0 bridgehead atoms. The number of fused-ring (bicyclic) bond motifs is 1. The van der Waals surface area contributed by atoms with Crippen LogP contribution in [0.2, 0.25) is 0 Å². The maximum Gasteiger partial charge on any atom is 0.471 e. The van der Waals surface area contributed by atoms with Crippen molar-refractivity contribution >= 4 is 5.91 Å². The molecule has 2 fully saturated rings. The third-order valence-electron chi connectivity index (χ3n) is 2.64. The van der Waals surface area contributed by atoms with E-state index in [4.69, 9.17) is 0 Å². The van der Waals surface area contributed by atoms with Crippen molar-refractivity contribution in [1.82, 2.24) is 10.2 Å². The number of hydrogen-bond donors (Lipinski definition) is 1. The molecule has 0 saturated carbocycles. The maximum atomic E-state index is 12.0. The van der Waals surface area contributed by atoms with E-state index < -0.39 is 12.1 Å². The van der Waals surface area contributed by atoms with Crippen molar-refractivity contribution in [3.05, 3.63) is 0 Å². The van der Waals surface area contributed by atoms with Crippen molar-refractivity contribution in [2.45, 2.75) is 24.7 Å². The molecule has 1 N–H and O–H groups in total. The highest BCUT2D eigenvalue weighted by Gasteiger charge is 2.51. The summed E-state index contributed by atoms with van der Waals surface area (Å²) in [6.07, 6.45) is -4.09. The first kappa shape index (κ1) is 8.80. The van der Waals surface area contributed by atoms with Crippen molar-refractivity contribution < 1.29 is 18.0 Å². The number of amides is 1. The molecule has 1 amide bonds. The van der Waals surface area contributed by atoms with Crippen LogP contribution < -0.4 is 5.32 Å². The molecule has 0 radical (unpaired) electrons. The number of likely N-dealkylation sites (tertiary alicyclic amines) is 1. The van der Waals surface area contributed by atoms with E-state index in [1.165, 1.54) is 0 Å². The molecule has 0 unspecified atom stereocenters. The van der Waals surface area contributed by atoms with Gasteiger partial charge < -0.3 is 10.2 Å². The predicted octanol–water partition coefficient (Wildman–Crippen LogP) is 0.121. The number of nitrogens with zero attached hydrogens (tertiary/aromatic N) is 1. The minimum atomic E-state index is -4.72. The summed E-state index contributed by atoms with van der Waals surface area (Å²) in [6.45, 7) is 0.715. The van der Waals surface area contributed by atoms with Gasteiger partial charge in [0, 0.05) is 19.1 Å². The Bertz CT molecular complexity index is 240. The number of rotatable bonds is 0. The molecule has 13 heavy (non-hydrogen) atoms. The van der Waals surface area contributed by atoms with Crippen molar-refractivity contribution in [3.8, 4) is 0 Å². The normalized spacial score (nSPS) is 32.7. The Morgan fingerprint density at radius 2 is 2.15 bits per heavy atom. The van der Waals surface area contributed by atoms with Gasteiger partial charge >= 0.3 is 12.1 Å². The number of halogens is 3. The largest absolute Gasteiger partial charge is 0.471 e. The summed E-state index contributed by atoms with van der Waals surface area (Å²) < 4.78 is 36.0. The van der Waals surface area contributed by atoms with Crippen molar-refractivity contribution in [1.29, 1.82) is 0 Å². The van der Waals surface area contributed by atoms with E-state index in [-0.39, 0.29) is 18.6 Å². The van der Waals surface area contributed by atoms with E-state index in [2.05, 4.69) is 5.32 Å². The molecule has 2 heterocycles. The lowest BCUT2D eigenvalue weighted by Crippen LogP contribution is -2.61. The molecule has 2 saturated heterocycles. The quantitative estimate of drug-likeness (QED) is 0.594. The minimum absolute atomic E-state index is 0.0892. The number of carbonyl (C=O) groups excluding carboxylic acids is 1. The van der Waals surface area contributed by atoms with Crippen LogP contribution in [-0.2, 0) is 4.79 Å². The summed E-state index contributed by atoms with van der Waals surface area (Å²) in [5.74, 6) is -1.69. The average molecular weight is 194 g/mol. The first-order valence-corrected chi connectivity index (χ1v) is 4.11. The maximum absolute atomic E-state index is 12.0. The molecule has 0 aliphatic carbocycles. The lowest BCUT2D eigenvalue weighted by molar-refractivity contribution is -0.187. The van der Waals surface area contributed by atoms with Gasteiger partial charge in [-0.2, -0.15) is 13.2 Å². The highest BCUT2D eigenvalue weighted by atomic mass is 19.4. The molecule has 6 heteroatoms. The topological polar surface area (TPSA) is 32.3 Å². The zero-order chi connectivity index (χ0) is 9.64. The number of alkyl halides is 3. The van der Waals surface area contributed by atoms with Crippen molar-refractivity contribution in [2.75, 3.05) is 13.1 Å². The van der Waals surface area contributed by atoms with Crippen LogP contribution in [0.5, 0.6) is 0 Å². The van der Waals surface area contributed by atoms with E-state index in [1.807, 2.05) is 0 Å². The second-order valence-electron chi connectivity index (χ2n) is 3.37. The van der Waals surface area contributed by atoms with E-state index in [0.717, 1.165) is 4.90 Å². The van der Waals surface area contributed by atoms with Crippen LogP contribution in [0.1, 0.15) is 6.42 Å². The highest BCUT2D eigenvalue weighted by Crippen LogP contribution is 2.28. The molecule has 0 spiro atoms. The third-order valence-corrected chi connectivity index (χ3v) is 2.64. The van der Waals surface area contributed by atoms with Gasteiger partial charge in [0.25, 0.3) is 0 Å². The fourth-order valence-electron chi connectivity index (χ4n) is 1.87. The van der Waals surface area contributed by atoms with Gasteiger partial charge in [0.05, 0.1) is 6.04 Å². The second kappa shape index (κ2) is 2.60. The lowest BCUT2D eigenvalue weighted by atomic mass is 10.0. The average Bonchev–Trinajstić information content (AvgIpc) is 2.23. The van der Waals surface area contributed by atoms with Gasteiger partial charge in [-0.05, 0) is 6.42 Å². The molecule has 2 atom stereocenters. The van der Waals surface area contributed by atoms with Gasteiger partial charge in [0.2, 0.25) is 0 Å². The second-order valence-corrected chi connectivity index (χ2v) is 3.37. The molecule has 2 aliphatic heterocycles. The monoisotopic (exact) mass is 194 g/mol. The van der Waals surface area contributed by atoms with Gasteiger partial charge in [-0.1, -0.05) is 0 Å². The molecule has 0 aromatic heterocycles. The molecule has 2 rings (SSSR count). The van der Waals surface area contributed by atoms with Crippen molar-refractivity contribution in [2.24, 2.45) is 0 Å². The first-order valence-electron chi connectivity index (χ1n) is 4.11. The van der Waals surface area contributed by atoms with Gasteiger partial charge in [-0.25, -0.2) is 0 Å². The fourth-order valence-corrected chi connectivity index (χ4v) is 1.87. The van der Waals surface area contributed by atoms with Crippen LogP contribution in [0.3, 0.4) is 0 Å². The Balaban J connectivity index is 2.05. The van der Waals surface area contributed by atoms with Crippen LogP contribution in [-0.4, -0.2) is 42.2 Å². The highest BCUT2D eigenvalue weighted by molar-refractivity contribution is 5.82. The Morgan fingerprint density at radius 3 is 2.54 bits per heavy atom. The van der Waals surface area contributed by atoms with Gasteiger partial charge in [-0.15, -0.1) is 0 Å². The summed E-state index contributed by atoms with van der Waals surface area (Å²) in [7, 11) is 0. The smallest absolute Gasteiger partial charge is 0.329 e. The summed E-state index contributed by atoms with van der Waals surface area (Å²) in [5.41, 5.74) is 0. The standard InChI is InChI=1S/C7H9F3N2O/c8-7(9,10)6(13)12-2-1-4-5(12)3-11-4/h4-5,11H,1-3H2/t4-,5-/m1/s1. The van der Waals surface area contributed by atoms with E-state index >= 15 is 0 Å². The van der Waals surface area contributed by atoms with Crippen LogP contribution >= 0.6 is 0 Å². The van der Waals surface area contributed by atoms with Gasteiger partial charge in [0.15, 0.2) is 0 Å². The molecular formula is C7H9F3N2O. The number of carbonyl (C=O) groups is 1. The number of nitrogens with one attached hydrogen (secondary N) is 1. The summed E-state index contributed by atoms with van der Waals surface area (Å²) in [4.78, 5) is 11.8. The van der Waals surface area contributed by atoms with Crippen LogP contribution in [0.4, 0.5) is 13.2 Å². The summed E-state index contributed by atoms with van der Waals surface area (Å²) in [5, 5.41) is 2.98. The van der Waals surface area contributed by atoms with Crippen LogP contribution in [0, 0.1) is 0 Å². The fraction of sp³-hybridized carbons (Fsp3) is 0.857. The van der Waals surface area contributed by atoms with Gasteiger partial charge in [-0.3, -0.25) is 4.79 Å². The summed E-state index contributed by atoms with van der Waals surface area (Å²) >= 11 is 0. The Labute approximate surface area is 72.9 Å². The zero-order valence-corrected chi connectivity index (χ0v) is 6.77. The van der Waals surface area contributed by atoms with E-state index in [1.54, 1.807) is 0 Å². The van der Waals surface area contributed by atoms with Crippen molar-refractivity contribution in [3.63, 3.8) is 0 Å². The molecule has 0 aromatic carbocycles.